The first-order valence-electron chi connectivity index (χ1n) is 4.78. The van der Waals surface area contributed by atoms with E-state index < -0.39 is 5.06 Å². The van der Waals surface area contributed by atoms with Gasteiger partial charge in [-0.2, -0.15) is 0 Å². The topological polar surface area (TPSA) is 23.5 Å². The van der Waals surface area contributed by atoms with E-state index in [0.717, 1.165) is 13.1 Å². The summed E-state index contributed by atoms with van der Waals surface area (Å²) in [4.78, 5) is 2.25. The Morgan fingerprint density at radius 1 is 1.33 bits per heavy atom. The highest BCUT2D eigenvalue weighted by atomic mass is 35.5. The smallest absolute Gasteiger partial charge is 0.150 e. The molecule has 0 amide bonds. The zero-order valence-corrected chi connectivity index (χ0v) is 8.48. The lowest BCUT2D eigenvalue weighted by atomic mass is 10.1. The highest BCUT2D eigenvalue weighted by Gasteiger charge is 2.24. The summed E-state index contributed by atoms with van der Waals surface area (Å²) in [6, 6.07) is 0. The van der Waals surface area contributed by atoms with Crippen LogP contribution in [0, 0.1) is 0 Å². The Morgan fingerprint density at radius 2 is 1.92 bits per heavy atom. The SMILES string of the molecule is CCC(O)(Cl)CN1CCCCC1. The molecule has 1 unspecified atom stereocenters. The second-order valence-electron chi connectivity index (χ2n) is 3.61. The van der Waals surface area contributed by atoms with Crippen molar-refractivity contribution in [2.45, 2.75) is 37.7 Å². The number of nitrogens with zero attached hydrogens (tertiary/aromatic N) is 1. The van der Waals surface area contributed by atoms with Gasteiger partial charge in [-0.25, -0.2) is 0 Å². The molecule has 3 heteroatoms. The molecular formula is C9H18ClNO. The molecule has 0 aromatic rings. The molecule has 0 spiro atoms. The fraction of sp³-hybridized carbons (Fsp3) is 1.00. The minimum absolute atomic E-state index is 0.616. The molecule has 1 saturated heterocycles. The van der Waals surface area contributed by atoms with Crippen LogP contribution >= 0.6 is 11.6 Å². The molecule has 1 aliphatic heterocycles. The second-order valence-corrected chi connectivity index (χ2v) is 4.31. The van der Waals surface area contributed by atoms with Crippen LogP contribution in [0.5, 0.6) is 0 Å². The summed E-state index contributed by atoms with van der Waals surface area (Å²) in [6.45, 7) is 4.71. The first kappa shape index (κ1) is 10.3. The number of piperidine rings is 1. The van der Waals surface area contributed by atoms with Crippen molar-refractivity contribution in [2.75, 3.05) is 19.6 Å². The van der Waals surface area contributed by atoms with Crippen LogP contribution in [0.1, 0.15) is 32.6 Å². The van der Waals surface area contributed by atoms with Crippen molar-refractivity contribution in [3.8, 4) is 0 Å². The molecule has 0 aromatic heterocycles. The number of rotatable bonds is 3. The largest absolute Gasteiger partial charge is 0.374 e. The Labute approximate surface area is 79.5 Å². The van der Waals surface area contributed by atoms with Crippen LogP contribution in [-0.2, 0) is 0 Å². The van der Waals surface area contributed by atoms with Crippen molar-refractivity contribution in [3.63, 3.8) is 0 Å². The van der Waals surface area contributed by atoms with Crippen LogP contribution in [0.2, 0.25) is 0 Å². The summed E-state index contributed by atoms with van der Waals surface area (Å²) < 4.78 is 0. The van der Waals surface area contributed by atoms with Crippen molar-refractivity contribution in [1.29, 1.82) is 0 Å². The maximum Gasteiger partial charge on any atom is 0.150 e. The summed E-state index contributed by atoms with van der Waals surface area (Å²) in [5.74, 6) is 0. The zero-order valence-electron chi connectivity index (χ0n) is 7.72. The van der Waals surface area contributed by atoms with Crippen LogP contribution in [-0.4, -0.2) is 34.7 Å². The molecule has 1 fully saturated rings. The van der Waals surface area contributed by atoms with Gasteiger partial charge in [-0.15, -0.1) is 0 Å². The molecule has 0 bridgehead atoms. The Hall–Kier alpha value is 0.210. The third-order valence-corrected chi connectivity index (χ3v) is 2.84. The van der Waals surface area contributed by atoms with Gasteiger partial charge in [0.2, 0.25) is 0 Å². The monoisotopic (exact) mass is 191 g/mol. The Bertz CT molecular complexity index is 132. The summed E-state index contributed by atoms with van der Waals surface area (Å²) in [7, 11) is 0. The van der Waals surface area contributed by atoms with E-state index in [1.54, 1.807) is 0 Å². The Morgan fingerprint density at radius 3 is 2.42 bits per heavy atom. The van der Waals surface area contributed by atoms with Crippen LogP contribution in [0.4, 0.5) is 0 Å². The third kappa shape index (κ3) is 3.30. The van der Waals surface area contributed by atoms with Gasteiger partial charge in [0.05, 0.1) is 0 Å². The zero-order chi connectivity index (χ0) is 9.03. The first-order valence-corrected chi connectivity index (χ1v) is 5.15. The van der Waals surface area contributed by atoms with E-state index in [1.807, 2.05) is 6.92 Å². The number of alkyl halides is 1. The van der Waals surface area contributed by atoms with Crippen molar-refractivity contribution in [2.24, 2.45) is 0 Å². The van der Waals surface area contributed by atoms with Gasteiger partial charge < -0.3 is 5.11 Å². The molecular weight excluding hydrogens is 174 g/mol. The standard InChI is InChI=1S/C9H18ClNO/c1-2-9(10,12)8-11-6-4-3-5-7-11/h12H,2-8H2,1H3. The number of halogens is 1. The van der Waals surface area contributed by atoms with Crippen LogP contribution in [0.25, 0.3) is 0 Å². The van der Waals surface area contributed by atoms with Crippen LogP contribution in [0.3, 0.4) is 0 Å². The minimum Gasteiger partial charge on any atom is -0.374 e. The molecule has 0 aliphatic carbocycles. The third-order valence-electron chi connectivity index (χ3n) is 2.46. The van der Waals surface area contributed by atoms with Gasteiger partial charge in [0.15, 0.2) is 5.06 Å². The average molecular weight is 192 g/mol. The van der Waals surface area contributed by atoms with Gasteiger partial charge in [-0.1, -0.05) is 24.9 Å². The predicted molar refractivity (Wildman–Crippen MR) is 51.4 cm³/mol. The van der Waals surface area contributed by atoms with Gasteiger partial charge in [-0.3, -0.25) is 4.90 Å². The predicted octanol–water partition coefficient (Wildman–Crippen LogP) is 1.81. The normalized spacial score (nSPS) is 25.2. The van der Waals surface area contributed by atoms with E-state index in [9.17, 15) is 5.11 Å². The number of likely N-dealkylation sites (tertiary alicyclic amines) is 1. The molecule has 1 rings (SSSR count). The Kier molecular flexibility index (Phi) is 3.81. The number of hydrogen-bond donors (Lipinski definition) is 1. The van der Waals surface area contributed by atoms with E-state index >= 15 is 0 Å². The fourth-order valence-electron chi connectivity index (χ4n) is 1.57. The molecule has 1 atom stereocenters. The molecule has 72 valence electrons. The molecule has 12 heavy (non-hydrogen) atoms. The maximum atomic E-state index is 9.60. The fourth-order valence-corrected chi connectivity index (χ4v) is 1.74. The quantitative estimate of drug-likeness (QED) is 0.688. The molecule has 0 saturated carbocycles. The molecule has 0 radical (unpaired) electrons. The Balaban J connectivity index is 2.28. The molecule has 1 heterocycles. The van der Waals surface area contributed by atoms with Crippen molar-refractivity contribution >= 4 is 11.6 Å². The van der Waals surface area contributed by atoms with Crippen LogP contribution < -0.4 is 0 Å². The van der Waals surface area contributed by atoms with E-state index in [-0.39, 0.29) is 0 Å². The average Bonchev–Trinajstić information content (AvgIpc) is 2.06. The van der Waals surface area contributed by atoms with E-state index in [1.165, 1.54) is 19.3 Å². The van der Waals surface area contributed by atoms with Crippen LogP contribution in [0.15, 0.2) is 0 Å². The number of β-amino-alcohol motifs (C(OH)–C–C–N with tert-alkyl or cyclic N) is 1. The minimum atomic E-state index is -1.00. The van der Waals surface area contributed by atoms with E-state index in [2.05, 4.69) is 4.90 Å². The van der Waals surface area contributed by atoms with Gasteiger partial charge in [0.25, 0.3) is 0 Å². The van der Waals surface area contributed by atoms with Crippen molar-refractivity contribution in [1.82, 2.24) is 4.90 Å². The molecule has 1 N–H and O–H groups in total. The van der Waals surface area contributed by atoms with Gasteiger partial charge >= 0.3 is 0 Å². The van der Waals surface area contributed by atoms with Crippen molar-refractivity contribution < 1.29 is 5.11 Å². The molecule has 2 nitrogen and oxygen atoms in total. The lowest BCUT2D eigenvalue weighted by Gasteiger charge is -2.31. The summed E-state index contributed by atoms with van der Waals surface area (Å²) in [6.07, 6.45) is 4.43. The summed E-state index contributed by atoms with van der Waals surface area (Å²) >= 11 is 5.87. The van der Waals surface area contributed by atoms with Crippen molar-refractivity contribution in [3.05, 3.63) is 0 Å². The van der Waals surface area contributed by atoms with Gasteiger partial charge in [0.1, 0.15) is 0 Å². The summed E-state index contributed by atoms with van der Waals surface area (Å²) in [5, 5.41) is 8.60. The molecule has 0 aromatic carbocycles. The number of aliphatic hydroxyl groups is 1. The van der Waals surface area contributed by atoms with Gasteiger partial charge in [0, 0.05) is 6.54 Å². The summed E-state index contributed by atoms with van der Waals surface area (Å²) in [5.41, 5.74) is 0. The van der Waals surface area contributed by atoms with E-state index in [4.69, 9.17) is 11.6 Å². The highest BCUT2D eigenvalue weighted by Crippen LogP contribution is 2.19. The van der Waals surface area contributed by atoms with Gasteiger partial charge in [-0.05, 0) is 32.4 Å². The lowest BCUT2D eigenvalue weighted by molar-refractivity contribution is 0.0645. The first-order chi connectivity index (χ1) is 5.64. The highest BCUT2D eigenvalue weighted by molar-refractivity contribution is 6.22. The maximum absolute atomic E-state index is 9.60. The van der Waals surface area contributed by atoms with E-state index in [0.29, 0.717) is 13.0 Å². The lowest BCUT2D eigenvalue weighted by Crippen LogP contribution is -2.41. The number of hydrogen-bond acceptors (Lipinski definition) is 2. The second kappa shape index (κ2) is 4.45. The molecule has 1 aliphatic rings.